The largest absolute Gasteiger partial charge is 0.497 e. The quantitative estimate of drug-likeness (QED) is 0.189. The van der Waals surface area contributed by atoms with Gasteiger partial charge in [-0.05, 0) is 42.4 Å². The van der Waals surface area contributed by atoms with Gasteiger partial charge >= 0.3 is 0 Å². The number of rotatable bonds is 10. The molecule has 8 heteroatoms. The zero-order valence-electron chi connectivity index (χ0n) is 18.8. The number of amides is 2. The first-order chi connectivity index (χ1) is 15.6. The number of ether oxygens (including phenoxy) is 2. The number of imide groups is 1. The molecule has 1 aromatic carbocycles. The lowest BCUT2D eigenvalue weighted by Gasteiger charge is -2.18. The number of carbonyl (C=O) groups excluding carboxylic acids is 2. The molecule has 8 nitrogen and oxygen atoms in total. The zero-order valence-corrected chi connectivity index (χ0v) is 18.8. The standard InChI is InChI=1S/C24H32N4O4/c1-25-24(26-10-3-13-32-15-16-4-8-19(31-2)9-5-16)27-11-12-28-22(29)20-17-6-7-18(14-17)21(20)23(28)30/h4-9,17-18,20-21H,3,10-15H2,1-2H3,(H2,25,26,27). The van der Waals surface area contributed by atoms with Crippen molar-refractivity contribution in [1.82, 2.24) is 15.5 Å². The first-order valence-electron chi connectivity index (χ1n) is 11.3. The molecule has 1 saturated carbocycles. The Labute approximate surface area is 189 Å². The Balaban J connectivity index is 1.10. The number of nitrogens with zero attached hydrogens (tertiary/aromatic N) is 2. The van der Waals surface area contributed by atoms with Crippen LogP contribution in [0.3, 0.4) is 0 Å². The lowest BCUT2D eigenvalue weighted by atomic mass is 9.85. The van der Waals surface area contributed by atoms with Crippen LogP contribution < -0.4 is 15.4 Å². The van der Waals surface area contributed by atoms with E-state index in [-0.39, 0.29) is 35.5 Å². The van der Waals surface area contributed by atoms with Crippen molar-refractivity contribution in [1.29, 1.82) is 0 Å². The predicted molar refractivity (Wildman–Crippen MR) is 121 cm³/mol. The Hall–Kier alpha value is -2.87. The Kier molecular flexibility index (Phi) is 7.09. The van der Waals surface area contributed by atoms with Crippen molar-refractivity contribution < 1.29 is 19.1 Å². The molecule has 2 fully saturated rings. The molecular weight excluding hydrogens is 408 g/mol. The SMILES string of the molecule is CN=C(NCCCOCc1ccc(OC)cc1)NCCN1C(=O)C2C3C=CC(C3)C2C1=O. The molecule has 3 aliphatic rings. The molecular formula is C24H32N4O4. The van der Waals surface area contributed by atoms with Crippen molar-refractivity contribution in [2.45, 2.75) is 19.4 Å². The first-order valence-corrected chi connectivity index (χ1v) is 11.3. The van der Waals surface area contributed by atoms with Gasteiger partial charge in [-0.25, -0.2) is 0 Å². The molecule has 172 valence electrons. The average molecular weight is 441 g/mol. The van der Waals surface area contributed by atoms with Crippen LogP contribution in [0.15, 0.2) is 41.4 Å². The summed E-state index contributed by atoms with van der Waals surface area (Å²) in [4.78, 5) is 31.1. The van der Waals surface area contributed by atoms with E-state index in [2.05, 4.69) is 27.8 Å². The molecule has 1 saturated heterocycles. The molecule has 4 atom stereocenters. The molecule has 32 heavy (non-hydrogen) atoms. The van der Waals surface area contributed by atoms with Crippen LogP contribution >= 0.6 is 0 Å². The number of aliphatic imine (C=N–C) groups is 1. The maximum atomic E-state index is 12.7. The van der Waals surface area contributed by atoms with Crippen LogP contribution in [0, 0.1) is 23.7 Å². The third-order valence-corrected chi connectivity index (χ3v) is 6.60. The summed E-state index contributed by atoms with van der Waals surface area (Å²) in [5.74, 6) is 1.72. The van der Waals surface area contributed by atoms with Crippen LogP contribution in [0.2, 0.25) is 0 Å². The fourth-order valence-electron chi connectivity index (χ4n) is 4.98. The summed E-state index contributed by atoms with van der Waals surface area (Å²) in [6.45, 7) is 2.76. The summed E-state index contributed by atoms with van der Waals surface area (Å²) in [6.07, 6.45) is 6.02. The number of hydrogen-bond donors (Lipinski definition) is 2. The summed E-state index contributed by atoms with van der Waals surface area (Å²) in [5.41, 5.74) is 1.11. The maximum Gasteiger partial charge on any atom is 0.233 e. The van der Waals surface area contributed by atoms with Gasteiger partial charge in [0.05, 0.1) is 25.6 Å². The number of fused-ring (bicyclic) bond motifs is 5. The van der Waals surface area contributed by atoms with Crippen molar-refractivity contribution in [3.05, 3.63) is 42.0 Å². The predicted octanol–water partition coefficient (Wildman–Crippen LogP) is 1.57. The second-order valence-corrected chi connectivity index (χ2v) is 8.51. The number of allylic oxidation sites excluding steroid dienone is 2. The third kappa shape index (κ3) is 4.65. The first kappa shape index (κ1) is 22.3. The smallest absolute Gasteiger partial charge is 0.233 e. The molecule has 4 rings (SSSR count). The average Bonchev–Trinajstić information content (AvgIpc) is 3.50. The van der Waals surface area contributed by atoms with Crippen LogP contribution in [0.4, 0.5) is 0 Å². The van der Waals surface area contributed by atoms with Gasteiger partial charge in [-0.15, -0.1) is 0 Å². The van der Waals surface area contributed by atoms with Crippen molar-refractivity contribution in [2.75, 3.05) is 40.4 Å². The van der Waals surface area contributed by atoms with Gasteiger partial charge in [0.2, 0.25) is 11.8 Å². The van der Waals surface area contributed by atoms with Gasteiger partial charge < -0.3 is 20.1 Å². The number of methoxy groups -OCH3 is 1. The number of likely N-dealkylation sites (tertiary alicyclic amines) is 1. The molecule has 0 aromatic heterocycles. The van der Waals surface area contributed by atoms with E-state index in [1.807, 2.05) is 24.3 Å². The van der Waals surface area contributed by atoms with E-state index in [1.165, 1.54) is 4.90 Å². The highest BCUT2D eigenvalue weighted by Crippen LogP contribution is 2.52. The zero-order chi connectivity index (χ0) is 22.5. The van der Waals surface area contributed by atoms with Gasteiger partial charge in [0.1, 0.15) is 5.75 Å². The van der Waals surface area contributed by atoms with E-state index >= 15 is 0 Å². The molecule has 2 aliphatic carbocycles. The lowest BCUT2D eigenvalue weighted by molar-refractivity contribution is -0.140. The third-order valence-electron chi connectivity index (χ3n) is 6.60. The van der Waals surface area contributed by atoms with Crippen LogP contribution in [-0.4, -0.2) is 63.1 Å². The van der Waals surface area contributed by atoms with Crippen LogP contribution in [0.1, 0.15) is 18.4 Å². The second-order valence-electron chi connectivity index (χ2n) is 8.51. The monoisotopic (exact) mass is 440 g/mol. The van der Waals surface area contributed by atoms with Gasteiger partial charge in [0.15, 0.2) is 5.96 Å². The van der Waals surface area contributed by atoms with Gasteiger partial charge in [-0.2, -0.15) is 0 Å². The highest BCUT2D eigenvalue weighted by molar-refractivity contribution is 6.06. The second kappa shape index (κ2) is 10.2. The van der Waals surface area contributed by atoms with Gasteiger partial charge in [-0.3, -0.25) is 19.5 Å². The molecule has 1 aliphatic heterocycles. The topological polar surface area (TPSA) is 92.3 Å². The molecule has 0 spiro atoms. The van der Waals surface area contributed by atoms with Crippen molar-refractivity contribution in [3.63, 3.8) is 0 Å². The van der Waals surface area contributed by atoms with Crippen LogP contribution in [0.5, 0.6) is 5.75 Å². The minimum atomic E-state index is -0.132. The minimum Gasteiger partial charge on any atom is -0.497 e. The molecule has 1 heterocycles. The fourth-order valence-corrected chi connectivity index (χ4v) is 4.98. The summed E-state index contributed by atoms with van der Waals surface area (Å²) < 4.78 is 10.9. The molecule has 2 bridgehead atoms. The van der Waals surface area contributed by atoms with Gasteiger partial charge in [0.25, 0.3) is 0 Å². The number of guanidine groups is 1. The van der Waals surface area contributed by atoms with E-state index in [4.69, 9.17) is 9.47 Å². The number of hydrogen-bond acceptors (Lipinski definition) is 5. The van der Waals surface area contributed by atoms with E-state index in [9.17, 15) is 9.59 Å². The van der Waals surface area contributed by atoms with E-state index in [1.54, 1.807) is 14.2 Å². The molecule has 0 radical (unpaired) electrons. The van der Waals surface area contributed by atoms with Crippen LogP contribution in [0.25, 0.3) is 0 Å². The van der Waals surface area contributed by atoms with Crippen LogP contribution in [-0.2, 0) is 20.9 Å². The highest BCUT2D eigenvalue weighted by Gasteiger charge is 2.58. The van der Waals surface area contributed by atoms with E-state index in [0.717, 1.165) is 24.2 Å². The maximum absolute atomic E-state index is 12.7. The molecule has 1 aromatic rings. The molecule has 2 amide bonds. The van der Waals surface area contributed by atoms with E-state index < -0.39 is 0 Å². The lowest BCUT2D eigenvalue weighted by Crippen LogP contribution is -2.44. The fraction of sp³-hybridized carbons (Fsp3) is 0.542. The van der Waals surface area contributed by atoms with Gasteiger partial charge in [0, 0.05) is 33.3 Å². The Morgan fingerprint density at radius 2 is 1.72 bits per heavy atom. The summed E-state index contributed by atoms with van der Waals surface area (Å²) >= 11 is 0. The molecule has 4 unspecified atom stereocenters. The Morgan fingerprint density at radius 1 is 1.06 bits per heavy atom. The number of carbonyl (C=O) groups is 2. The number of benzene rings is 1. The summed E-state index contributed by atoms with van der Waals surface area (Å²) in [7, 11) is 3.35. The van der Waals surface area contributed by atoms with Crippen molar-refractivity contribution in [2.24, 2.45) is 28.7 Å². The van der Waals surface area contributed by atoms with Crippen molar-refractivity contribution in [3.8, 4) is 5.75 Å². The Bertz CT molecular complexity index is 852. The molecule has 2 N–H and O–H groups in total. The van der Waals surface area contributed by atoms with Gasteiger partial charge in [-0.1, -0.05) is 24.3 Å². The van der Waals surface area contributed by atoms with Crippen molar-refractivity contribution >= 4 is 17.8 Å². The summed E-state index contributed by atoms with van der Waals surface area (Å²) in [5, 5.41) is 6.43. The number of nitrogens with one attached hydrogen (secondary N) is 2. The van der Waals surface area contributed by atoms with E-state index in [0.29, 0.717) is 38.8 Å². The highest BCUT2D eigenvalue weighted by atomic mass is 16.5. The minimum absolute atomic E-state index is 0.00407. The normalized spacial score (nSPS) is 26.1. The summed E-state index contributed by atoms with van der Waals surface area (Å²) in [6, 6.07) is 7.83. The Morgan fingerprint density at radius 3 is 2.34 bits per heavy atom.